The van der Waals surface area contributed by atoms with Crippen LogP contribution in [0, 0.1) is 6.92 Å². The Morgan fingerprint density at radius 3 is 2.29 bits per heavy atom. The van der Waals surface area contributed by atoms with Crippen LogP contribution in [0.2, 0.25) is 10.0 Å². The molecule has 0 aliphatic rings. The van der Waals surface area contributed by atoms with Gasteiger partial charge in [0, 0.05) is 42.5 Å². The lowest BCUT2D eigenvalue weighted by Crippen LogP contribution is -2.50. The van der Waals surface area contributed by atoms with Crippen molar-refractivity contribution in [1.82, 2.24) is 10.2 Å². The van der Waals surface area contributed by atoms with Gasteiger partial charge in [0.2, 0.25) is 21.8 Å². The smallest absolute Gasteiger partial charge is 0.243 e. The van der Waals surface area contributed by atoms with Gasteiger partial charge in [-0.3, -0.25) is 13.9 Å². The normalized spacial score (nSPS) is 12.0. The summed E-state index contributed by atoms with van der Waals surface area (Å²) >= 11 is 12.5. The number of nitrogens with zero attached hydrogens (tertiary/aromatic N) is 2. The third-order valence-corrected chi connectivity index (χ3v) is 8.83. The van der Waals surface area contributed by atoms with Crippen LogP contribution in [0.1, 0.15) is 49.3 Å². The fourth-order valence-corrected chi connectivity index (χ4v) is 6.14. The molecular weight excluding hydrogens is 593 g/mol. The second kappa shape index (κ2) is 16.0. The van der Waals surface area contributed by atoms with E-state index < -0.39 is 16.1 Å². The quantitative estimate of drug-likeness (QED) is 0.197. The Morgan fingerprint density at radius 1 is 0.929 bits per heavy atom. The fourth-order valence-electron chi connectivity index (χ4n) is 4.74. The number of amides is 2. The van der Waals surface area contributed by atoms with E-state index in [1.807, 2.05) is 49.4 Å². The van der Waals surface area contributed by atoms with E-state index in [4.69, 9.17) is 23.2 Å². The van der Waals surface area contributed by atoms with Crippen molar-refractivity contribution in [1.29, 1.82) is 0 Å². The first kappa shape index (κ1) is 33.4. The lowest BCUT2D eigenvalue weighted by molar-refractivity contribution is -0.141. The maximum absolute atomic E-state index is 13.9. The summed E-state index contributed by atoms with van der Waals surface area (Å²) in [7, 11) is -3.64. The third-order valence-electron chi connectivity index (χ3n) is 7.00. The number of nitrogens with one attached hydrogen (secondary N) is 1. The average Bonchev–Trinajstić information content (AvgIpc) is 2.94. The van der Waals surface area contributed by atoms with E-state index in [9.17, 15) is 18.0 Å². The van der Waals surface area contributed by atoms with Gasteiger partial charge in [-0.15, -0.1) is 0 Å². The number of carbonyl (C=O) groups is 2. The first-order valence-corrected chi connectivity index (χ1v) is 16.7. The van der Waals surface area contributed by atoms with Crippen LogP contribution in [0.4, 0.5) is 5.69 Å². The topological polar surface area (TPSA) is 86.8 Å². The molecule has 2 amide bonds. The second-order valence-electron chi connectivity index (χ2n) is 10.3. The summed E-state index contributed by atoms with van der Waals surface area (Å²) in [6.45, 7) is 4.60. The summed E-state index contributed by atoms with van der Waals surface area (Å²) in [6.07, 6.45) is 3.52. The molecule has 0 unspecified atom stereocenters. The van der Waals surface area contributed by atoms with Crippen molar-refractivity contribution in [3.8, 4) is 0 Å². The van der Waals surface area contributed by atoms with Gasteiger partial charge in [0.05, 0.1) is 11.9 Å². The lowest BCUT2D eigenvalue weighted by Gasteiger charge is -2.32. The fraction of sp³-hybridized carbons (Fsp3) is 0.375. The van der Waals surface area contributed by atoms with E-state index in [1.165, 1.54) is 4.31 Å². The average molecular weight is 633 g/mol. The standard InChI is InChI=1S/C32H39Cl2N3O4S/c1-4-5-19-35-32(39)30(22-25-12-7-6-8-13-25)36(23-26-14-9-15-27(33)21-26)31(38)18-11-20-37(42(3,40)41)29-17-10-16-28(34)24(29)2/h6-10,12-17,21,30H,4-5,11,18-20,22-23H2,1-3H3,(H,35,39)/t30-/m0/s1. The zero-order chi connectivity index (χ0) is 30.7. The van der Waals surface area contributed by atoms with Crippen LogP contribution >= 0.6 is 23.2 Å². The molecule has 0 saturated heterocycles. The van der Waals surface area contributed by atoms with Crippen LogP contribution in [0.3, 0.4) is 0 Å². The van der Waals surface area contributed by atoms with E-state index >= 15 is 0 Å². The molecule has 7 nitrogen and oxygen atoms in total. The molecule has 0 bridgehead atoms. The Labute approximate surface area is 259 Å². The van der Waals surface area contributed by atoms with Crippen LogP contribution in [-0.2, 0) is 32.6 Å². The SMILES string of the molecule is CCCCNC(=O)[C@H](Cc1ccccc1)N(Cc1cccc(Cl)c1)C(=O)CCCN(c1cccc(Cl)c1C)S(C)(=O)=O. The van der Waals surface area contributed by atoms with Gasteiger partial charge >= 0.3 is 0 Å². The Morgan fingerprint density at radius 2 is 1.62 bits per heavy atom. The molecule has 0 heterocycles. The molecule has 3 aromatic carbocycles. The van der Waals surface area contributed by atoms with Crippen LogP contribution < -0.4 is 9.62 Å². The number of rotatable bonds is 15. The van der Waals surface area contributed by atoms with Gasteiger partial charge in [0.1, 0.15) is 6.04 Å². The van der Waals surface area contributed by atoms with Gasteiger partial charge in [-0.05, 0) is 60.7 Å². The molecule has 0 aliphatic heterocycles. The summed E-state index contributed by atoms with van der Waals surface area (Å²) < 4.78 is 26.7. The van der Waals surface area contributed by atoms with E-state index in [0.29, 0.717) is 34.3 Å². The lowest BCUT2D eigenvalue weighted by atomic mass is 10.0. The van der Waals surface area contributed by atoms with Crippen molar-refractivity contribution in [2.75, 3.05) is 23.7 Å². The zero-order valence-corrected chi connectivity index (χ0v) is 26.7. The van der Waals surface area contributed by atoms with E-state index in [1.54, 1.807) is 42.2 Å². The Kier molecular flexibility index (Phi) is 12.7. The highest BCUT2D eigenvalue weighted by Gasteiger charge is 2.30. The van der Waals surface area contributed by atoms with Crippen molar-refractivity contribution in [3.05, 3.63) is 99.5 Å². The second-order valence-corrected chi connectivity index (χ2v) is 13.1. The van der Waals surface area contributed by atoms with Crippen LogP contribution in [0.25, 0.3) is 0 Å². The first-order valence-electron chi connectivity index (χ1n) is 14.1. The van der Waals surface area contributed by atoms with E-state index in [2.05, 4.69) is 5.32 Å². The highest BCUT2D eigenvalue weighted by atomic mass is 35.5. The predicted octanol–water partition coefficient (Wildman–Crippen LogP) is 6.40. The minimum absolute atomic E-state index is 0.0414. The molecule has 0 aromatic heterocycles. The van der Waals surface area contributed by atoms with Crippen molar-refractivity contribution < 1.29 is 18.0 Å². The van der Waals surface area contributed by atoms with Crippen LogP contribution in [0.5, 0.6) is 0 Å². The summed E-state index contributed by atoms with van der Waals surface area (Å²) in [6, 6.07) is 21.1. The molecule has 0 saturated carbocycles. The van der Waals surface area contributed by atoms with Crippen LogP contribution in [0.15, 0.2) is 72.8 Å². The monoisotopic (exact) mass is 631 g/mol. The zero-order valence-electron chi connectivity index (χ0n) is 24.4. The minimum Gasteiger partial charge on any atom is -0.354 e. The number of halogens is 2. The number of hydrogen-bond donors (Lipinski definition) is 1. The molecule has 1 atom stereocenters. The van der Waals surface area contributed by atoms with Crippen LogP contribution in [-0.4, -0.2) is 50.5 Å². The van der Waals surface area contributed by atoms with Crippen molar-refractivity contribution in [2.24, 2.45) is 0 Å². The highest BCUT2D eigenvalue weighted by molar-refractivity contribution is 7.92. The molecule has 0 radical (unpaired) electrons. The van der Waals surface area contributed by atoms with Gasteiger partial charge < -0.3 is 10.2 Å². The molecule has 226 valence electrons. The molecule has 3 aromatic rings. The van der Waals surface area contributed by atoms with Crippen molar-refractivity contribution >= 4 is 50.7 Å². The summed E-state index contributed by atoms with van der Waals surface area (Å²) in [4.78, 5) is 29.1. The molecule has 10 heteroatoms. The first-order chi connectivity index (χ1) is 20.0. The van der Waals surface area contributed by atoms with E-state index in [0.717, 1.165) is 30.2 Å². The number of hydrogen-bond acceptors (Lipinski definition) is 4. The molecule has 0 fully saturated rings. The van der Waals surface area contributed by atoms with Gasteiger partial charge in [0.25, 0.3) is 0 Å². The molecule has 3 rings (SSSR count). The van der Waals surface area contributed by atoms with Gasteiger partial charge in [0.15, 0.2) is 0 Å². The molecular formula is C32H39Cl2N3O4S. The summed E-state index contributed by atoms with van der Waals surface area (Å²) in [5, 5.41) is 4.00. The molecule has 42 heavy (non-hydrogen) atoms. The number of unbranched alkanes of at least 4 members (excludes halogenated alkanes) is 1. The number of carbonyl (C=O) groups excluding carboxylic acids is 2. The van der Waals surface area contributed by atoms with Crippen molar-refractivity contribution in [2.45, 2.75) is 58.5 Å². The minimum atomic E-state index is -3.64. The number of sulfonamides is 1. The molecule has 0 spiro atoms. The van der Waals surface area contributed by atoms with Gasteiger partial charge in [-0.1, -0.05) is 85.1 Å². The van der Waals surface area contributed by atoms with E-state index in [-0.39, 0.29) is 37.7 Å². The van der Waals surface area contributed by atoms with Gasteiger partial charge in [-0.2, -0.15) is 0 Å². The maximum atomic E-state index is 13.9. The summed E-state index contributed by atoms with van der Waals surface area (Å²) in [5.41, 5.74) is 2.84. The van der Waals surface area contributed by atoms with Crippen molar-refractivity contribution in [3.63, 3.8) is 0 Å². The highest BCUT2D eigenvalue weighted by Crippen LogP contribution is 2.28. The number of anilines is 1. The Hall–Kier alpha value is -3.07. The Bertz CT molecular complexity index is 1450. The summed E-state index contributed by atoms with van der Waals surface area (Å²) in [5.74, 6) is -0.479. The van der Waals surface area contributed by atoms with Gasteiger partial charge in [-0.25, -0.2) is 8.42 Å². The molecule has 1 N–H and O–H groups in total. The third kappa shape index (κ3) is 9.75. The number of benzene rings is 3. The Balaban J connectivity index is 1.89. The largest absolute Gasteiger partial charge is 0.354 e. The predicted molar refractivity (Wildman–Crippen MR) is 171 cm³/mol. The molecule has 0 aliphatic carbocycles. The maximum Gasteiger partial charge on any atom is 0.243 e.